The van der Waals surface area contributed by atoms with Gasteiger partial charge in [-0.3, -0.25) is 4.79 Å². The van der Waals surface area contributed by atoms with Crippen LogP contribution in [0.25, 0.3) is 0 Å². The Kier molecular flexibility index (Phi) is 4.76. The third-order valence-electron chi connectivity index (χ3n) is 5.17. The average molecular weight is 388 g/mol. The van der Waals surface area contributed by atoms with Gasteiger partial charge < -0.3 is 10.1 Å². The molecule has 0 radical (unpaired) electrons. The van der Waals surface area contributed by atoms with E-state index in [4.69, 9.17) is 4.74 Å². The fraction of sp³-hybridized carbons (Fsp3) is 0.174. The monoisotopic (exact) mass is 388 g/mol. The van der Waals surface area contributed by atoms with Crippen LogP contribution in [0.5, 0.6) is 5.75 Å². The fourth-order valence-corrected chi connectivity index (χ4v) is 3.67. The molecule has 1 aliphatic rings. The molecule has 2 aromatic carbocycles. The number of carbonyl (C=O) groups excluding carboxylic acids is 2. The van der Waals surface area contributed by atoms with Gasteiger partial charge in [-0.1, -0.05) is 24.3 Å². The lowest BCUT2D eigenvalue weighted by molar-refractivity contribution is -0.569. The number of ether oxygens (including phenoxy) is 1. The SMILES string of the molecule is COc1ccc(N2C(=O)[n+]3ccccc3C2C(=O)Nc2c(C)cccc2C)cc1. The molecule has 4 rings (SSSR count). The molecule has 0 bridgehead atoms. The molecule has 1 atom stereocenters. The largest absolute Gasteiger partial charge is 0.504 e. The van der Waals surface area contributed by atoms with Crippen LogP contribution in [0.1, 0.15) is 22.9 Å². The number of anilines is 2. The minimum atomic E-state index is -0.781. The van der Waals surface area contributed by atoms with Crippen LogP contribution in [0, 0.1) is 13.8 Å². The standard InChI is InChI=1S/C23H21N3O3/c1-15-7-6-8-16(2)20(15)24-22(27)21-19-9-4-5-14-25(19)23(28)26(21)17-10-12-18(29-3)13-11-17/h4-14,21H,1-3H3/p+1. The van der Waals surface area contributed by atoms with E-state index < -0.39 is 6.04 Å². The van der Waals surface area contributed by atoms with Crippen molar-refractivity contribution in [3.05, 3.63) is 83.7 Å². The van der Waals surface area contributed by atoms with Crippen molar-refractivity contribution < 1.29 is 18.9 Å². The van der Waals surface area contributed by atoms with Crippen LogP contribution in [-0.2, 0) is 4.79 Å². The van der Waals surface area contributed by atoms with Crippen molar-refractivity contribution in [3.63, 3.8) is 0 Å². The second-order valence-electron chi connectivity index (χ2n) is 7.00. The molecule has 1 aromatic heterocycles. The zero-order valence-corrected chi connectivity index (χ0v) is 16.5. The molecule has 2 heterocycles. The molecule has 1 unspecified atom stereocenters. The third-order valence-corrected chi connectivity index (χ3v) is 5.17. The average Bonchev–Trinajstić information content (AvgIpc) is 3.03. The van der Waals surface area contributed by atoms with Crippen LogP contribution in [0.15, 0.2) is 66.9 Å². The van der Waals surface area contributed by atoms with E-state index in [1.807, 2.05) is 38.1 Å². The predicted molar refractivity (Wildman–Crippen MR) is 110 cm³/mol. The maximum Gasteiger partial charge on any atom is 0.504 e. The summed E-state index contributed by atoms with van der Waals surface area (Å²) in [6, 6.07) is 17.3. The number of hydrogen-bond donors (Lipinski definition) is 1. The highest BCUT2D eigenvalue weighted by Gasteiger charge is 2.50. The van der Waals surface area contributed by atoms with E-state index in [9.17, 15) is 9.59 Å². The van der Waals surface area contributed by atoms with E-state index in [1.165, 1.54) is 9.47 Å². The lowest BCUT2D eigenvalue weighted by Gasteiger charge is -2.18. The topological polar surface area (TPSA) is 62.5 Å². The van der Waals surface area contributed by atoms with Crippen molar-refractivity contribution in [3.8, 4) is 5.75 Å². The Balaban J connectivity index is 1.76. The normalized spacial score (nSPS) is 15.2. The van der Waals surface area contributed by atoms with E-state index in [0.717, 1.165) is 16.8 Å². The van der Waals surface area contributed by atoms with E-state index in [1.54, 1.807) is 49.7 Å². The van der Waals surface area contributed by atoms with Crippen molar-refractivity contribution in [2.75, 3.05) is 17.3 Å². The van der Waals surface area contributed by atoms with Gasteiger partial charge >= 0.3 is 6.03 Å². The summed E-state index contributed by atoms with van der Waals surface area (Å²) >= 11 is 0. The van der Waals surface area contributed by atoms with E-state index >= 15 is 0 Å². The summed E-state index contributed by atoms with van der Waals surface area (Å²) in [6.45, 7) is 3.90. The first kappa shape index (κ1) is 18.7. The molecule has 1 aliphatic heterocycles. The van der Waals surface area contributed by atoms with Crippen molar-refractivity contribution in [2.24, 2.45) is 0 Å². The number of rotatable bonds is 4. The summed E-state index contributed by atoms with van der Waals surface area (Å²) < 4.78 is 6.73. The summed E-state index contributed by atoms with van der Waals surface area (Å²) in [5.41, 5.74) is 3.96. The van der Waals surface area contributed by atoms with E-state index in [-0.39, 0.29) is 11.9 Å². The Morgan fingerprint density at radius 1 is 1.00 bits per heavy atom. The number of fused-ring (bicyclic) bond motifs is 1. The van der Waals surface area contributed by atoms with Gasteiger partial charge in [-0.05, 0) is 61.4 Å². The summed E-state index contributed by atoms with van der Waals surface area (Å²) in [5, 5.41) is 3.03. The molecule has 1 N–H and O–H groups in total. The maximum atomic E-state index is 13.4. The minimum Gasteiger partial charge on any atom is -0.497 e. The van der Waals surface area contributed by atoms with Crippen molar-refractivity contribution in [2.45, 2.75) is 19.9 Å². The number of aryl methyl sites for hydroxylation is 2. The number of nitrogens with one attached hydrogen (secondary N) is 1. The first-order valence-electron chi connectivity index (χ1n) is 9.36. The molecule has 3 aromatic rings. The molecule has 6 nitrogen and oxygen atoms in total. The second-order valence-corrected chi connectivity index (χ2v) is 7.00. The molecule has 2 amide bonds. The summed E-state index contributed by atoms with van der Waals surface area (Å²) in [5.74, 6) is 0.422. The smallest absolute Gasteiger partial charge is 0.497 e. The Labute approximate surface area is 169 Å². The number of hydrogen-bond acceptors (Lipinski definition) is 3. The van der Waals surface area contributed by atoms with Crippen LogP contribution in [0.3, 0.4) is 0 Å². The summed E-state index contributed by atoms with van der Waals surface area (Å²) in [6.07, 6.45) is 1.68. The van der Waals surface area contributed by atoms with Gasteiger partial charge in [0.25, 0.3) is 5.91 Å². The molecule has 6 heteroatoms. The molecule has 0 spiro atoms. The lowest BCUT2D eigenvalue weighted by Crippen LogP contribution is -2.45. The molecule has 0 saturated heterocycles. The zero-order chi connectivity index (χ0) is 20.5. The van der Waals surface area contributed by atoms with Crippen molar-refractivity contribution >= 4 is 23.3 Å². The van der Waals surface area contributed by atoms with Crippen molar-refractivity contribution in [1.29, 1.82) is 0 Å². The second kappa shape index (κ2) is 7.39. The van der Waals surface area contributed by atoms with Crippen LogP contribution in [0.2, 0.25) is 0 Å². The van der Waals surface area contributed by atoms with Gasteiger partial charge in [-0.25, -0.2) is 0 Å². The third kappa shape index (κ3) is 3.23. The zero-order valence-electron chi connectivity index (χ0n) is 16.5. The Morgan fingerprint density at radius 2 is 1.69 bits per heavy atom. The van der Waals surface area contributed by atoms with Crippen LogP contribution in [-0.4, -0.2) is 19.0 Å². The molecule has 146 valence electrons. The highest BCUT2D eigenvalue weighted by Crippen LogP contribution is 2.33. The Morgan fingerprint density at radius 3 is 2.34 bits per heavy atom. The van der Waals surface area contributed by atoms with Gasteiger partial charge in [0, 0.05) is 5.69 Å². The van der Waals surface area contributed by atoms with Crippen LogP contribution in [0.4, 0.5) is 16.2 Å². The van der Waals surface area contributed by atoms with Gasteiger partial charge in [0.1, 0.15) is 11.4 Å². The van der Waals surface area contributed by atoms with Gasteiger partial charge in [-0.15, -0.1) is 0 Å². The molecule has 0 saturated carbocycles. The highest BCUT2D eigenvalue weighted by atomic mass is 16.5. The summed E-state index contributed by atoms with van der Waals surface area (Å²) in [4.78, 5) is 28.0. The molecule has 0 fully saturated rings. The van der Waals surface area contributed by atoms with E-state index in [0.29, 0.717) is 17.1 Å². The number of para-hydroxylation sites is 1. The summed E-state index contributed by atoms with van der Waals surface area (Å²) in [7, 11) is 1.59. The van der Waals surface area contributed by atoms with Gasteiger partial charge in [0.2, 0.25) is 6.04 Å². The Hall–Kier alpha value is -3.67. The predicted octanol–water partition coefficient (Wildman–Crippen LogP) is 3.77. The number of carbonyl (C=O) groups is 2. The first-order valence-corrected chi connectivity index (χ1v) is 9.36. The van der Waals surface area contributed by atoms with Gasteiger partial charge in [0.15, 0.2) is 5.69 Å². The minimum absolute atomic E-state index is 0.260. The number of pyridine rings is 1. The van der Waals surface area contributed by atoms with E-state index in [2.05, 4.69) is 5.32 Å². The van der Waals surface area contributed by atoms with Crippen LogP contribution >= 0.6 is 0 Å². The first-order chi connectivity index (χ1) is 14.0. The van der Waals surface area contributed by atoms with Gasteiger partial charge in [0.05, 0.1) is 13.3 Å². The van der Waals surface area contributed by atoms with Gasteiger partial charge in [-0.2, -0.15) is 14.3 Å². The maximum absolute atomic E-state index is 13.4. The number of benzene rings is 2. The number of aromatic nitrogens is 1. The quantitative estimate of drug-likeness (QED) is 0.692. The molecule has 0 aliphatic carbocycles. The molecular formula is C23H22N3O3+. The number of amides is 2. The lowest BCUT2D eigenvalue weighted by atomic mass is 10.1. The Bertz CT molecular complexity index is 1070. The highest BCUT2D eigenvalue weighted by molar-refractivity contribution is 6.05. The fourth-order valence-electron chi connectivity index (χ4n) is 3.67. The number of nitrogens with zero attached hydrogens (tertiary/aromatic N) is 2. The molecular weight excluding hydrogens is 366 g/mol. The van der Waals surface area contributed by atoms with Crippen molar-refractivity contribution in [1.82, 2.24) is 0 Å². The molecule has 29 heavy (non-hydrogen) atoms. The van der Waals surface area contributed by atoms with Crippen LogP contribution < -0.4 is 19.5 Å². The number of methoxy groups -OCH3 is 1.